The van der Waals surface area contributed by atoms with E-state index < -0.39 is 0 Å². The van der Waals surface area contributed by atoms with Gasteiger partial charge in [0.2, 0.25) is 0 Å². The van der Waals surface area contributed by atoms with Crippen LogP contribution in [0.5, 0.6) is 0 Å². The molecule has 4 aliphatic carbocycles. The Morgan fingerprint density at radius 2 is 1.71 bits per heavy atom. The average molecular weight is 232 g/mol. The van der Waals surface area contributed by atoms with Gasteiger partial charge in [0.15, 0.2) is 0 Å². The molecule has 0 aliphatic heterocycles. The summed E-state index contributed by atoms with van der Waals surface area (Å²) < 4.78 is 0. The highest BCUT2D eigenvalue weighted by Crippen LogP contribution is 2.57. The maximum absolute atomic E-state index is 9.03. The minimum Gasteiger partial charge on any atom is -0.313 e. The van der Waals surface area contributed by atoms with Gasteiger partial charge in [-0.05, 0) is 68.2 Å². The minimum atomic E-state index is 0.472. The maximum atomic E-state index is 9.03. The average Bonchev–Trinajstić information content (AvgIpc) is 2.28. The molecule has 1 unspecified atom stereocenters. The van der Waals surface area contributed by atoms with E-state index in [9.17, 15) is 0 Å². The second-order valence-electron chi connectivity index (χ2n) is 6.53. The Labute approximate surface area is 105 Å². The van der Waals surface area contributed by atoms with Crippen molar-refractivity contribution in [2.75, 3.05) is 6.54 Å². The van der Waals surface area contributed by atoms with Crippen molar-refractivity contribution in [1.29, 1.82) is 5.26 Å². The summed E-state index contributed by atoms with van der Waals surface area (Å²) in [5.74, 6) is 4.76. The van der Waals surface area contributed by atoms with Gasteiger partial charge >= 0.3 is 0 Å². The molecule has 1 atom stereocenters. The van der Waals surface area contributed by atoms with Crippen molar-refractivity contribution in [3.8, 4) is 6.07 Å². The van der Waals surface area contributed by atoms with Gasteiger partial charge in [-0.15, -0.1) is 0 Å². The normalized spacial score (nSPS) is 44.6. The lowest BCUT2D eigenvalue weighted by atomic mass is 9.50. The summed E-state index contributed by atoms with van der Waals surface area (Å²) in [5.41, 5.74) is 0. The Morgan fingerprint density at radius 3 is 2.18 bits per heavy atom. The molecule has 94 valence electrons. The van der Waals surface area contributed by atoms with Gasteiger partial charge in [-0.1, -0.05) is 6.92 Å². The van der Waals surface area contributed by atoms with E-state index in [1.165, 1.54) is 32.1 Å². The van der Waals surface area contributed by atoms with E-state index >= 15 is 0 Å². The molecule has 0 radical (unpaired) electrons. The minimum absolute atomic E-state index is 0.472. The fourth-order valence-electron chi connectivity index (χ4n) is 5.33. The number of rotatable bonds is 4. The predicted octanol–water partition coefficient (Wildman–Crippen LogP) is 2.95. The van der Waals surface area contributed by atoms with Crippen molar-refractivity contribution in [2.45, 2.75) is 51.5 Å². The van der Waals surface area contributed by atoms with E-state index in [2.05, 4.69) is 18.3 Å². The van der Waals surface area contributed by atoms with Crippen LogP contribution < -0.4 is 5.32 Å². The highest BCUT2D eigenvalue weighted by atomic mass is 14.9. The molecule has 0 heterocycles. The van der Waals surface area contributed by atoms with Gasteiger partial charge in [-0.25, -0.2) is 0 Å². The third-order valence-corrected chi connectivity index (χ3v) is 5.54. The first-order valence-electron chi connectivity index (χ1n) is 7.42. The molecule has 0 aromatic heterocycles. The summed E-state index contributed by atoms with van der Waals surface area (Å²) in [6, 6.07) is 2.87. The van der Waals surface area contributed by atoms with Crippen molar-refractivity contribution >= 4 is 0 Å². The molecule has 4 rings (SSSR count). The number of hydrogen-bond acceptors (Lipinski definition) is 2. The highest BCUT2D eigenvalue weighted by Gasteiger charge is 2.50. The molecule has 4 aliphatic rings. The van der Waals surface area contributed by atoms with E-state index in [1.807, 2.05) is 0 Å². The molecule has 0 saturated heterocycles. The molecular weight excluding hydrogens is 208 g/mol. The summed E-state index contributed by atoms with van der Waals surface area (Å²) in [4.78, 5) is 0. The SMILES string of the molecule is CCNC(CC#N)C1C2CC3CC(C2)CC1C3. The Morgan fingerprint density at radius 1 is 1.12 bits per heavy atom. The monoisotopic (exact) mass is 232 g/mol. The van der Waals surface area contributed by atoms with E-state index in [1.54, 1.807) is 0 Å². The standard InChI is InChI=1S/C15H24N2/c1-2-17-14(3-4-16)15-12-6-10-5-11(8-12)9-13(15)7-10/h10-15,17H,2-3,5-9H2,1H3. The van der Waals surface area contributed by atoms with Crippen molar-refractivity contribution in [2.24, 2.45) is 29.6 Å². The van der Waals surface area contributed by atoms with Gasteiger partial charge < -0.3 is 5.32 Å². The fraction of sp³-hybridized carbons (Fsp3) is 0.933. The molecule has 0 aromatic carbocycles. The van der Waals surface area contributed by atoms with Crippen molar-refractivity contribution in [3.63, 3.8) is 0 Å². The van der Waals surface area contributed by atoms with E-state index in [-0.39, 0.29) is 0 Å². The highest BCUT2D eigenvalue weighted by molar-refractivity contribution is 5.03. The van der Waals surface area contributed by atoms with Crippen LogP contribution in [-0.2, 0) is 0 Å². The van der Waals surface area contributed by atoms with Gasteiger partial charge in [0.05, 0.1) is 12.5 Å². The summed E-state index contributed by atoms with van der Waals surface area (Å²) in [7, 11) is 0. The van der Waals surface area contributed by atoms with Crippen molar-refractivity contribution in [3.05, 3.63) is 0 Å². The molecule has 4 saturated carbocycles. The quantitative estimate of drug-likeness (QED) is 0.809. The molecule has 4 fully saturated rings. The Kier molecular flexibility index (Phi) is 3.13. The van der Waals surface area contributed by atoms with Crippen molar-refractivity contribution < 1.29 is 0 Å². The molecular formula is C15H24N2. The Balaban J connectivity index is 1.75. The van der Waals surface area contributed by atoms with Crippen LogP contribution in [0.3, 0.4) is 0 Å². The zero-order valence-electron chi connectivity index (χ0n) is 10.9. The Hall–Kier alpha value is -0.550. The van der Waals surface area contributed by atoms with Gasteiger partial charge in [-0.3, -0.25) is 0 Å². The van der Waals surface area contributed by atoms with Crippen LogP contribution in [0, 0.1) is 40.9 Å². The number of nitriles is 1. The van der Waals surface area contributed by atoms with E-state index in [0.717, 1.165) is 36.1 Å². The molecule has 2 heteroatoms. The number of hydrogen-bond donors (Lipinski definition) is 1. The third-order valence-electron chi connectivity index (χ3n) is 5.54. The first-order chi connectivity index (χ1) is 8.31. The molecule has 17 heavy (non-hydrogen) atoms. The summed E-state index contributed by atoms with van der Waals surface area (Å²) in [6.45, 7) is 3.18. The molecule has 1 N–H and O–H groups in total. The lowest BCUT2D eigenvalue weighted by molar-refractivity contribution is -0.0509. The lowest BCUT2D eigenvalue weighted by Gasteiger charge is -2.56. The fourth-order valence-corrected chi connectivity index (χ4v) is 5.33. The van der Waals surface area contributed by atoms with Gasteiger partial charge in [0, 0.05) is 6.04 Å². The van der Waals surface area contributed by atoms with Gasteiger partial charge in [0.25, 0.3) is 0 Å². The van der Waals surface area contributed by atoms with Crippen LogP contribution >= 0.6 is 0 Å². The first-order valence-corrected chi connectivity index (χ1v) is 7.42. The smallest absolute Gasteiger partial charge is 0.0638 e. The summed E-state index contributed by atoms with van der Waals surface area (Å²) >= 11 is 0. The number of nitrogens with one attached hydrogen (secondary N) is 1. The predicted molar refractivity (Wildman–Crippen MR) is 68.2 cm³/mol. The van der Waals surface area contributed by atoms with Crippen LogP contribution in [-0.4, -0.2) is 12.6 Å². The Bertz CT molecular complexity index is 289. The van der Waals surface area contributed by atoms with Crippen molar-refractivity contribution in [1.82, 2.24) is 5.32 Å². The van der Waals surface area contributed by atoms with Crippen LogP contribution in [0.15, 0.2) is 0 Å². The van der Waals surface area contributed by atoms with Gasteiger partial charge in [0.1, 0.15) is 0 Å². The molecule has 0 amide bonds. The zero-order valence-corrected chi connectivity index (χ0v) is 10.9. The zero-order chi connectivity index (χ0) is 11.8. The van der Waals surface area contributed by atoms with Crippen LogP contribution in [0.4, 0.5) is 0 Å². The second-order valence-corrected chi connectivity index (χ2v) is 6.53. The second kappa shape index (κ2) is 4.61. The maximum Gasteiger partial charge on any atom is 0.0638 e. The molecule has 0 aromatic rings. The molecule has 0 spiro atoms. The van der Waals surface area contributed by atoms with E-state index in [4.69, 9.17) is 5.26 Å². The van der Waals surface area contributed by atoms with Crippen LogP contribution in [0.1, 0.15) is 45.4 Å². The third kappa shape index (κ3) is 1.99. The van der Waals surface area contributed by atoms with Gasteiger partial charge in [-0.2, -0.15) is 5.26 Å². The topological polar surface area (TPSA) is 35.8 Å². The molecule has 2 nitrogen and oxygen atoms in total. The molecule has 4 bridgehead atoms. The van der Waals surface area contributed by atoms with Crippen LogP contribution in [0.25, 0.3) is 0 Å². The number of nitrogens with zero attached hydrogens (tertiary/aromatic N) is 1. The first kappa shape index (κ1) is 11.5. The summed E-state index contributed by atoms with van der Waals surface area (Å²) in [6.07, 6.45) is 8.08. The largest absolute Gasteiger partial charge is 0.313 e. The summed E-state index contributed by atoms with van der Waals surface area (Å²) in [5, 5.41) is 12.6. The lowest BCUT2D eigenvalue weighted by Crippen LogP contribution is -2.52. The van der Waals surface area contributed by atoms with Crippen LogP contribution in [0.2, 0.25) is 0 Å². The van der Waals surface area contributed by atoms with E-state index in [0.29, 0.717) is 12.5 Å².